The van der Waals surface area contributed by atoms with E-state index in [1.807, 2.05) is 0 Å². The molecule has 16 heavy (non-hydrogen) atoms. The van der Waals surface area contributed by atoms with Gasteiger partial charge in [0.2, 0.25) is 5.91 Å². The fourth-order valence-electron chi connectivity index (χ4n) is 2.31. The van der Waals surface area contributed by atoms with E-state index in [1.54, 1.807) is 7.05 Å². The first-order chi connectivity index (χ1) is 7.72. The maximum atomic E-state index is 10.9. The lowest BCUT2D eigenvalue weighted by Gasteiger charge is -2.15. The predicted molar refractivity (Wildman–Crippen MR) is 64.1 cm³/mol. The summed E-state index contributed by atoms with van der Waals surface area (Å²) in [5.74, 6) is 0.758. The molecule has 1 aliphatic carbocycles. The summed E-state index contributed by atoms with van der Waals surface area (Å²) in [7, 11) is 1.64. The monoisotopic (exact) mass is 228 g/mol. The van der Waals surface area contributed by atoms with Crippen molar-refractivity contribution in [2.45, 2.75) is 44.6 Å². The summed E-state index contributed by atoms with van der Waals surface area (Å²) in [4.78, 5) is 10.9. The molecule has 1 fully saturated rings. The Labute approximate surface area is 97.8 Å². The topological polar surface area (TPSA) is 61.4 Å². The number of hydrogen-bond acceptors (Lipinski definition) is 3. The lowest BCUT2D eigenvalue weighted by Crippen LogP contribution is -2.31. The number of nitrogens with one attached hydrogen (secondary N) is 2. The summed E-state index contributed by atoms with van der Waals surface area (Å²) >= 11 is 0. The van der Waals surface area contributed by atoms with Gasteiger partial charge in [0, 0.05) is 26.6 Å². The van der Waals surface area contributed by atoms with Gasteiger partial charge in [0.25, 0.3) is 0 Å². The lowest BCUT2D eigenvalue weighted by atomic mass is 10.0. The minimum Gasteiger partial charge on any atom is -0.392 e. The van der Waals surface area contributed by atoms with Gasteiger partial charge >= 0.3 is 0 Å². The number of rotatable bonds is 7. The smallest absolute Gasteiger partial charge is 0.221 e. The van der Waals surface area contributed by atoms with Gasteiger partial charge < -0.3 is 15.7 Å². The highest BCUT2D eigenvalue weighted by Gasteiger charge is 2.18. The minimum atomic E-state index is -0.257. The number of hydrogen-bond donors (Lipinski definition) is 3. The van der Waals surface area contributed by atoms with Crippen molar-refractivity contribution >= 4 is 5.91 Å². The van der Waals surface area contributed by atoms with E-state index >= 15 is 0 Å². The van der Waals surface area contributed by atoms with Crippen LogP contribution in [0.3, 0.4) is 0 Å². The Morgan fingerprint density at radius 3 is 2.75 bits per heavy atom. The molecule has 0 saturated heterocycles. The molecule has 0 aromatic heterocycles. The van der Waals surface area contributed by atoms with Gasteiger partial charge in [-0.2, -0.15) is 0 Å². The Morgan fingerprint density at radius 1 is 1.44 bits per heavy atom. The quantitative estimate of drug-likeness (QED) is 0.561. The molecule has 1 amide bonds. The molecule has 1 rings (SSSR count). The van der Waals surface area contributed by atoms with Gasteiger partial charge in [0.15, 0.2) is 0 Å². The summed E-state index contributed by atoms with van der Waals surface area (Å²) in [6, 6.07) is 0. The van der Waals surface area contributed by atoms with Crippen molar-refractivity contribution < 1.29 is 9.90 Å². The van der Waals surface area contributed by atoms with Crippen LogP contribution in [0.25, 0.3) is 0 Å². The van der Waals surface area contributed by atoms with Crippen LogP contribution < -0.4 is 10.6 Å². The third kappa shape index (κ3) is 5.47. The molecule has 3 N–H and O–H groups in total. The van der Waals surface area contributed by atoms with Crippen LogP contribution in [0.4, 0.5) is 0 Å². The molecule has 0 heterocycles. The number of amides is 1. The molecule has 4 nitrogen and oxygen atoms in total. The van der Waals surface area contributed by atoms with E-state index in [0.29, 0.717) is 19.5 Å². The van der Waals surface area contributed by atoms with Crippen LogP contribution >= 0.6 is 0 Å². The van der Waals surface area contributed by atoms with Crippen LogP contribution in [-0.4, -0.2) is 37.3 Å². The second-order valence-electron chi connectivity index (χ2n) is 4.67. The first-order valence-electron chi connectivity index (χ1n) is 6.31. The molecular weight excluding hydrogens is 204 g/mol. The third-order valence-electron chi connectivity index (χ3n) is 3.27. The fraction of sp³-hybridized carbons (Fsp3) is 0.917. The number of aliphatic hydroxyl groups excluding tert-OH is 1. The van der Waals surface area contributed by atoms with Gasteiger partial charge in [-0.15, -0.1) is 0 Å². The van der Waals surface area contributed by atoms with Gasteiger partial charge in [-0.1, -0.05) is 25.7 Å². The van der Waals surface area contributed by atoms with Crippen molar-refractivity contribution in [3.63, 3.8) is 0 Å². The van der Waals surface area contributed by atoms with Crippen molar-refractivity contribution in [2.24, 2.45) is 5.92 Å². The highest BCUT2D eigenvalue weighted by atomic mass is 16.3. The summed E-state index contributed by atoms with van der Waals surface area (Å²) < 4.78 is 0. The Balaban J connectivity index is 1.97. The molecule has 0 aliphatic heterocycles. The number of aliphatic hydroxyl groups is 1. The zero-order valence-corrected chi connectivity index (χ0v) is 10.2. The Kier molecular flexibility index (Phi) is 6.42. The normalized spacial score (nSPS) is 18.6. The molecule has 1 aliphatic rings. The molecule has 0 bridgehead atoms. The summed E-state index contributed by atoms with van der Waals surface area (Å²) in [5.41, 5.74) is 0. The highest BCUT2D eigenvalue weighted by Crippen LogP contribution is 2.28. The van der Waals surface area contributed by atoms with E-state index < -0.39 is 0 Å². The predicted octanol–water partition coefficient (Wildman–Crippen LogP) is 0.653. The zero-order valence-electron chi connectivity index (χ0n) is 10.2. The maximum Gasteiger partial charge on any atom is 0.221 e. The fourth-order valence-corrected chi connectivity index (χ4v) is 2.31. The molecule has 4 heteroatoms. The zero-order chi connectivity index (χ0) is 11.8. The molecule has 0 spiro atoms. The van der Waals surface area contributed by atoms with Crippen LogP contribution in [-0.2, 0) is 4.79 Å². The second kappa shape index (κ2) is 7.63. The van der Waals surface area contributed by atoms with E-state index in [-0.39, 0.29) is 12.0 Å². The summed E-state index contributed by atoms with van der Waals surface area (Å²) in [5, 5.41) is 15.5. The SMILES string of the molecule is CNC(=O)CCNCC(O)CC1CCCC1. The van der Waals surface area contributed by atoms with Crippen molar-refractivity contribution in [3.05, 3.63) is 0 Å². The Morgan fingerprint density at radius 2 is 2.12 bits per heavy atom. The summed E-state index contributed by atoms with van der Waals surface area (Å²) in [6.07, 6.45) is 6.32. The van der Waals surface area contributed by atoms with Crippen molar-refractivity contribution in [3.8, 4) is 0 Å². The summed E-state index contributed by atoms with van der Waals surface area (Å²) in [6.45, 7) is 1.24. The molecular formula is C12H24N2O2. The van der Waals surface area contributed by atoms with Gasteiger partial charge in [-0.25, -0.2) is 0 Å². The van der Waals surface area contributed by atoms with Crippen LogP contribution in [0.5, 0.6) is 0 Å². The molecule has 0 radical (unpaired) electrons. The van der Waals surface area contributed by atoms with Crippen molar-refractivity contribution in [1.29, 1.82) is 0 Å². The molecule has 1 atom stereocenters. The number of carbonyl (C=O) groups excluding carboxylic acids is 1. The van der Waals surface area contributed by atoms with E-state index in [4.69, 9.17) is 0 Å². The van der Waals surface area contributed by atoms with E-state index in [1.165, 1.54) is 25.7 Å². The van der Waals surface area contributed by atoms with E-state index in [0.717, 1.165) is 12.3 Å². The third-order valence-corrected chi connectivity index (χ3v) is 3.27. The largest absolute Gasteiger partial charge is 0.392 e. The molecule has 0 aromatic carbocycles. The Bertz CT molecular complexity index is 203. The maximum absolute atomic E-state index is 10.9. The van der Waals surface area contributed by atoms with Crippen LogP contribution in [0.2, 0.25) is 0 Å². The van der Waals surface area contributed by atoms with E-state index in [9.17, 15) is 9.90 Å². The standard InChI is InChI=1S/C12H24N2O2/c1-13-12(16)6-7-14-9-11(15)8-10-4-2-3-5-10/h10-11,14-15H,2-9H2,1H3,(H,13,16). The van der Waals surface area contributed by atoms with Gasteiger partial charge in [-0.3, -0.25) is 4.79 Å². The average molecular weight is 228 g/mol. The number of carbonyl (C=O) groups is 1. The minimum absolute atomic E-state index is 0.0396. The molecule has 0 aromatic rings. The molecule has 1 unspecified atom stereocenters. The van der Waals surface area contributed by atoms with Crippen molar-refractivity contribution in [1.82, 2.24) is 10.6 Å². The average Bonchev–Trinajstić information content (AvgIpc) is 2.76. The van der Waals surface area contributed by atoms with E-state index in [2.05, 4.69) is 10.6 Å². The van der Waals surface area contributed by atoms with Crippen molar-refractivity contribution in [2.75, 3.05) is 20.1 Å². The van der Waals surface area contributed by atoms with Crippen LogP contribution in [0, 0.1) is 5.92 Å². The second-order valence-corrected chi connectivity index (χ2v) is 4.67. The molecule has 1 saturated carbocycles. The highest BCUT2D eigenvalue weighted by molar-refractivity contribution is 5.75. The van der Waals surface area contributed by atoms with Gasteiger partial charge in [0.05, 0.1) is 6.10 Å². The van der Waals surface area contributed by atoms with Crippen LogP contribution in [0.1, 0.15) is 38.5 Å². The van der Waals surface area contributed by atoms with Crippen LogP contribution in [0.15, 0.2) is 0 Å². The van der Waals surface area contributed by atoms with Gasteiger partial charge in [0.1, 0.15) is 0 Å². The lowest BCUT2D eigenvalue weighted by molar-refractivity contribution is -0.120. The van der Waals surface area contributed by atoms with Gasteiger partial charge in [-0.05, 0) is 12.3 Å². The molecule has 94 valence electrons. The first kappa shape index (κ1) is 13.5. The first-order valence-corrected chi connectivity index (χ1v) is 6.31. The Hall–Kier alpha value is -0.610.